The van der Waals surface area contributed by atoms with Gasteiger partial charge in [0.25, 0.3) is 5.91 Å². The predicted molar refractivity (Wildman–Crippen MR) is 196 cm³/mol. The van der Waals surface area contributed by atoms with Crippen LogP contribution in [0.4, 0.5) is 0 Å². The van der Waals surface area contributed by atoms with Gasteiger partial charge in [-0.15, -0.1) is 21.5 Å². The molecule has 13 heteroatoms. The van der Waals surface area contributed by atoms with Gasteiger partial charge in [-0.25, -0.2) is 0 Å². The number of rotatable bonds is 5. The third-order valence-electron chi connectivity index (χ3n) is 9.40. The number of carbonyl (C=O) groups is 3. The molecule has 1 unspecified atom stereocenters. The number of thiophene rings is 1. The molecule has 3 aliphatic heterocycles. The first kappa shape index (κ1) is 33.3. The zero-order valence-corrected chi connectivity index (χ0v) is 29.9. The Balaban J connectivity index is 0.941. The minimum absolute atomic E-state index is 0.203. The van der Waals surface area contributed by atoms with Crippen molar-refractivity contribution in [1.82, 2.24) is 34.8 Å². The lowest BCUT2D eigenvalue weighted by Crippen LogP contribution is -2.52. The van der Waals surface area contributed by atoms with Crippen molar-refractivity contribution in [2.75, 3.05) is 0 Å². The fourth-order valence-electron chi connectivity index (χ4n) is 6.77. The van der Waals surface area contributed by atoms with E-state index in [0.717, 1.165) is 67.0 Å². The van der Waals surface area contributed by atoms with Crippen molar-refractivity contribution in [1.29, 1.82) is 0 Å². The predicted octanol–water partition coefficient (Wildman–Crippen LogP) is 5.14. The molecule has 5 aromatic rings. The van der Waals surface area contributed by atoms with Crippen molar-refractivity contribution in [3.8, 4) is 28.7 Å². The average molecular weight is 727 g/mol. The molecule has 1 fully saturated rings. The van der Waals surface area contributed by atoms with E-state index in [4.69, 9.17) is 16.6 Å². The Labute approximate surface area is 308 Å². The second-order valence-electron chi connectivity index (χ2n) is 12.8. The van der Waals surface area contributed by atoms with E-state index in [9.17, 15) is 14.4 Å². The molecular formula is C39H31ClN8O3S. The molecule has 52 heavy (non-hydrogen) atoms. The van der Waals surface area contributed by atoms with Gasteiger partial charge < -0.3 is 4.90 Å². The maximum atomic E-state index is 13.1. The monoisotopic (exact) mass is 726 g/mol. The standard InChI is InChI=1S/C39H31ClN8O3S/c1-23-32(52-39-35(23)36(27-11-13-28(40)14-12-27)41-20-33-45-44-24(2)48(33)39)16-10-25-19-42-46(21-25)18-5-3-4-7-26-8-6-9-29-30(26)22-47(38(29)51)31-15-17-34(49)43-37(31)50/h6,8-9,11-14,19,21,31H,3,5,15,17-18,20,22H2,1-2H3,(H,43,49,50). The lowest BCUT2D eigenvalue weighted by atomic mass is 10.00. The van der Waals surface area contributed by atoms with Crippen LogP contribution in [-0.2, 0) is 29.2 Å². The van der Waals surface area contributed by atoms with E-state index in [0.29, 0.717) is 43.1 Å². The number of carbonyl (C=O) groups excluding carboxylic acids is 3. The van der Waals surface area contributed by atoms with E-state index >= 15 is 0 Å². The van der Waals surface area contributed by atoms with Gasteiger partial charge in [-0.1, -0.05) is 53.5 Å². The molecule has 1 N–H and O–H groups in total. The largest absolute Gasteiger partial charge is 0.322 e. The highest BCUT2D eigenvalue weighted by atomic mass is 35.5. The molecule has 8 rings (SSSR count). The second-order valence-corrected chi connectivity index (χ2v) is 14.2. The summed E-state index contributed by atoms with van der Waals surface area (Å²) in [5.74, 6) is 13.8. The highest BCUT2D eigenvalue weighted by Crippen LogP contribution is 2.36. The lowest BCUT2D eigenvalue weighted by Gasteiger charge is -2.29. The number of hydrogen-bond acceptors (Lipinski definition) is 8. The van der Waals surface area contributed by atoms with Crippen LogP contribution >= 0.6 is 22.9 Å². The normalized spacial score (nSPS) is 16.1. The molecule has 0 bridgehead atoms. The van der Waals surface area contributed by atoms with Crippen LogP contribution in [0.1, 0.15) is 85.9 Å². The summed E-state index contributed by atoms with van der Waals surface area (Å²) in [6.07, 6.45) is 5.67. The van der Waals surface area contributed by atoms with Gasteiger partial charge in [0, 0.05) is 59.4 Å². The number of benzene rings is 2. The molecule has 0 saturated carbocycles. The summed E-state index contributed by atoms with van der Waals surface area (Å²) in [7, 11) is 0. The van der Waals surface area contributed by atoms with Gasteiger partial charge in [0.15, 0.2) is 5.82 Å². The first-order chi connectivity index (χ1) is 25.2. The number of amides is 3. The molecule has 1 saturated heterocycles. The van der Waals surface area contributed by atoms with E-state index < -0.39 is 11.9 Å². The van der Waals surface area contributed by atoms with Crippen molar-refractivity contribution in [2.45, 2.75) is 65.2 Å². The van der Waals surface area contributed by atoms with Crippen LogP contribution in [0, 0.1) is 37.5 Å². The van der Waals surface area contributed by atoms with Gasteiger partial charge in [0.2, 0.25) is 11.8 Å². The number of fused-ring (bicyclic) bond motifs is 4. The summed E-state index contributed by atoms with van der Waals surface area (Å²) in [6.45, 7) is 5.42. The number of piperidine rings is 1. The molecular weight excluding hydrogens is 696 g/mol. The lowest BCUT2D eigenvalue weighted by molar-refractivity contribution is -0.136. The van der Waals surface area contributed by atoms with Crippen molar-refractivity contribution in [3.63, 3.8) is 0 Å². The zero-order chi connectivity index (χ0) is 35.9. The number of unbranched alkanes of at least 4 members (excludes halogenated alkanes) is 1. The van der Waals surface area contributed by atoms with E-state index in [-0.39, 0.29) is 18.2 Å². The molecule has 11 nitrogen and oxygen atoms in total. The fourth-order valence-corrected chi connectivity index (χ4v) is 8.13. The molecule has 3 aliphatic rings. The first-order valence-corrected chi connectivity index (χ1v) is 18.1. The third-order valence-corrected chi connectivity index (χ3v) is 10.8. The Bertz CT molecular complexity index is 2450. The first-order valence-electron chi connectivity index (χ1n) is 16.9. The van der Waals surface area contributed by atoms with Crippen molar-refractivity contribution in [2.24, 2.45) is 4.99 Å². The summed E-state index contributed by atoms with van der Waals surface area (Å²) in [4.78, 5) is 44.6. The third kappa shape index (κ3) is 6.21. The van der Waals surface area contributed by atoms with Gasteiger partial charge in [0.1, 0.15) is 23.4 Å². The van der Waals surface area contributed by atoms with E-state index in [1.54, 1.807) is 28.5 Å². The van der Waals surface area contributed by atoms with Crippen LogP contribution in [0.3, 0.4) is 0 Å². The summed E-state index contributed by atoms with van der Waals surface area (Å²) < 4.78 is 3.95. The second kappa shape index (κ2) is 13.7. The Kier molecular flexibility index (Phi) is 8.79. The highest BCUT2D eigenvalue weighted by molar-refractivity contribution is 7.15. The van der Waals surface area contributed by atoms with Gasteiger partial charge >= 0.3 is 0 Å². The molecule has 258 valence electrons. The van der Waals surface area contributed by atoms with Crippen LogP contribution in [0.15, 0.2) is 59.9 Å². The molecule has 2 aromatic carbocycles. The number of hydrogen-bond donors (Lipinski definition) is 1. The molecule has 0 spiro atoms. The number of aromatic nitrogens is 5. The summed E-state index contributed by atoms with van der Waals surface area (Å²) in [5.41, 5.74) is 6.90. The topological polar surface area (TPSA) is 127 Å². The number of halogens is 1. The summed E-state index contributed by atoms with van der Waals surface area (Å²) in [5, 5.41) is 17.2. The Hall–Kier alpha value is -5.82. The average Bonchev–Trinajstić information content (AvgIpc) is 3.88. The number of nitrogens with one attached hydrogen (secondary N) is 1. The Morgan fingerprint density at radius 3 is 2.71 bits per heavy atom. The van der Waals surface area contributed by atoms with Gasteiger partial charge in [-0.3, -0.25) is 33.9 Å². The van der Waals surface area contributed by atoms with Crippen molar-refractivity contribution >= 4 is 46.4 Å². The molecule has 0 radical (unpaired) electrons. The van der Waals surface area contributed by atoms with E-state index in [1.165, 1.54) is 0 Å². The van der Waals surface area contributed by atoms with E-state index in [2.05, 4.69) is 55.8 Å². The van der Waals surface area contributed by atoms with E-state index in [1.807, 2.05) is 54.2 Å². The Morgan fingerprint density at radius 1 is 1.04 bits per heavy atom. The zero-order valence-electron chi connectivity index (χ0n) is 28.4. The van der Waals surface area contributed by atoms with Crippen LogP contribution in [0.25, 0.3) is 5.00 Å². The van der Waals surface area contributed by atoms with Crippen LogP contribution in [-0.4, -0.2) is 58.9 Å². The SMILES string of the molecule is Cc1c(C#Cc2cnn(CCCC#Cc3cccc4c3CN(C3CCC(=O)NC3=O)C4=O)c2)sc2c1C(c1ccc(Cl)cc1)=NCc1nnc(C)n1-2. The molecule has 0 aliphatic carbocycles. The minimum Gasteiger partial charge on any atom is -0.322 e. The van der Waals surface area contributed by atoms with Crippen LogP contribution < -0.4 is 5.32 Å². The summed E-state index contributed by atoms with van der Waals surface area (Å²) in [6, 6.07) is 12.6. The fraction of sp³-hybridized carbons (Fsp3) is 0.256. The molecule has 3 amide bonds. The quantitative estimate of drug-likeness (QED) is 0.152. The number of imide groups is 1. The van der Waals surface area contributed by atoms with Gasteiger partial charge in [0.05, 0.1) is 22.3 Å². The molecule has 6 heterocycles. The maximum Gasteiger partial charge on any atom is 0.255 e. The number of aliphatic imine (C=N–C) groups is 1. The Morgan fingerprint density at radius 2 is 1.88 bits per heavy atom. The number of nitrogens with zero attached hydrogens (tertiary/aromatic N) is 7. The highest BCUT2D eigenvalue weighted by Gasteiger charge is 2.39. The van der Waals surface area contributed by atoms with Gasteiger partial charge in [-0.05, 0) is 62.1 Å². The smallest absolute Gasteiger partial charge is 0.255 e. The van der Waals surface area contributed by atoms with Crippen LogP contribution in [0.2, 0.25) is 5.02 Å². The van der Waals surface area contributed by atoms with Crippen molar-refractivity contribution in [3.05, 3.63) is 115 Å². The van der Waals surface area contributed by atoms with Crippen molar-refractivity contribution < 1.29 is 14.4 Å². The van der Waals surface area contributed by atoms with Gasteiger partial charge in [-0.2, -0.15) is 5.10 Å². The summed E-state index contributed by atoms with van der Waals surface area (Å²) >= 11 is 7.80. The molecule has 3 aromatic heterocycles. The number of aryl methyl sites for hydroxylation is 2. The maximum absolute atomic E-state index is 13.1. The van der Waals surface area contributed by atoms with Crippen LogP contribution in [0.5, 0.6) is 0 Å². The minimum atomic E-state index is -0.652. The molecule has 1 atom stereocenters.